The van der Waals surface area contributed by atoms with Gasteiger partial charge in [-0.3, -0.25) is 14.6 Å². The first-order chi connectivity index (χ1) is 23.2. The van der Waals surface area contributed by atoms with Gasteiger partial charge in [0.05, 0.1) is 19.9 Å². The summed E-state index contributed by atoms with van der Waals surface area (Å²) < 4.78 is 23.2. The predicted molar refractivity (Wildman–Crippen MR) is 195 cm³/mol. The SMILES string of the molecule is COC(=O)C1(C(=O)OC)Cc2c(C)nc(COc3cc(C)c4c(c3)CC[C@@](C)(CCC[C@H](C)CCC[C@H](C)CCCC(C)C)O4)c(C)c2C1. The number of pyridine rings is 1. The molecular weight excluding hydrogens is 614 g/mol. The quantitative estimate of drug-likeness (QED) is 0.122. The van der Waals surface area contributed by atoms with Crippen molar-refractivity contribution in [1.29, 1.82) is 0 Å². The van der Waals surface area contributed by atoms with E-state index in [9.17, 15) is 9.59 Å². The second kappa shape index (κ2) is 16.7. The topological polar surface area (TPSA) is 84.0 Å². The Labute approximate surface area is 296 Å². The largest absolute Gasteiger partial charge is 0.487 e. The van der Waals surface area contributed by atoms with Gasteiger partial charge in [-0.05, 0) is 111 Å². The highest BCUT2D eigenvalue weighted by Crippen LogP contribution is 2.43. The van der Waals surface area contributed by atoms with Crippen molar-refractivity contribution in [2.45, 2.75) is 151 Å². The van der Waals surface area contributed by atoms with Gasteiger partial charge in [-0.1, -0.05) is 72.6 Å². The Morgan fingerprint density at radius 3 is 2.06 bits per heavy atom. The molecule has 7 heteroatoms. The highest BCUT2D eigenvalue weighted by molar-refractivity contribution is 6.01. The van der Waals surface area contributed by atoms with E-state index in [2.05, 4.69) is 53.7 Å². The first-order valence-corrected chi connectivity index (χ1v) is 18.8. The molecule has 0 unspecified atom stereocenters. The lowest BCUT2D eigenvalue weighted by molar-refractivity contribution is -0.168. The minimum atomic E-state index is -1.38. The van der Waals surface area contributed by atoms with Crippen molar-refractivity contribution >= 4 is 11.9 Å². The molecule has 7 nitrogen and oxygen atoms in total. The van der Waals surface area contributed by atoms with Gasteiger partial charge in [-0.25, -0.2) is 0 Å². The van der Waals surface area contributed by atoms with E-state index in [1.165, 1.54) is 71.1 Å². The van der Waals surface area contributed by atoms with Gasteiger partial charge in [-0.15, -0.1) is 0 Å². The average molecular weight is 678 g/mol. The molecular formula is C42H63NO6. The molecule has 1 aliphatic carbocycles. The smallest absolute Gasteiger partial charge is 0.323 e. The van der Waals surface area contributed by atoms with Crippen LogP contribution in [0.4, 0.5) is 0 Å². The number of rotatable bonds is 17. The van der Waals surface area contributed by atoms with E-state index >= 15 is 0 Å². The molecule has 0 N–H and O–H groups in total. The van der Waals surface area contributed by atoms with Crippen LogP contribution in [0.3, 0.4) is 0 Å². The maximum atomic E-state index is 12.8. The fourth-order valence-electron chi connectivity index (χ4n) is 8.07. The van der Waals surface area contributed by atoms with Crippen molar-refractivity contribution in [2.24, 2.45) is 23.2 Å². The normalized spacial score (nSPS) is 19.1. The molecule has 272 valence electrons. The standard InChI is InChI=1S/C42H63NO6/c1-27(2)14-11-15-28(3)16-12-17-29(4)18-13-20-41(8)21-19-33-23-34(22-30(5)38(33)49-41)48-26-37-31(6)35-24-42(39(44)46-9,40(45)47-10)25-36(35)32(7)43-37/h22-23,27-29H,11-21,24-26H2,1-10H3/t28-,29-,41-/m1/s1. The van der Waals surface area contributed by atoms with Gasteiger partial charge in [0.15, 0.2) is 5.41 Å². The van der Waals surface area contributed by atoms with Gasteiger partial charge in [0, 0.05) is 18.5 Å². The summed E-state index contributed by atoms with van der Waals surface area (Å²) in [4.78, 5) is 30.5. The first-order valence-electron chi connectivity index (χ1n) is 18.8. The Bertz CT molecular complexity index is 1450. The van der Waals surface area contributed by atoms with Gasteiger partial charge in [-0.2, -0.15) is 0 Å². The lowest BCUT2D eigenvalue weighted by atomic mass is 9.84. The number of benzene rings is 1. The summed E-state index contributed by atoms with van der Waals surface area (Å²) in [7, 11) is 2.61. The third kappa shape index (κ3) is 9.38. The number of aromatic nitrogens is 1. The third-order valence-electron chi connectivity index (χ3n) is 11.3. The molecule has 1 aromatic heterocycles. The molecule has 1 aromatic carbocycles. The van der Waals surface area contributed by atoms with Crippen molar-refractivity contribution < 1.29 is 28.5 Å². The first kappa shape index (κ1) is 38.7. The molecule has 3 atom stereocenters. The van der Waals surface area contributed by atoms with E-state index in [-0.39, 0.29) is 25.0 Å². The summed E-state index contributed by atoms with van der Waals surface area (Å²) in [6, 6.07) is 4.18. The number of methoxy groups -OCH3 is 2. The van der Waals surface area contributed by atoms with Crippen LogP contribution in [0.15, 0.2) is 12.1 Å². The molecule has 0 spiro atoms. The second-order valence-corrected chi connectivity index (χ2v) is 16.1. The summed E-state index contributed by atoms with van der Waals surface area (Å²) in [5.41, 5.74) is 5.15. The number of esters is 2. The Hall–Kier alpha value is -3.09. The minimum absolute atomic E-state index is 0.141. The number of carbonyl (C=O) groups is 2. The highest BCUT2D eigenvalue weighted by Gasteiger charge is 2.53. The van der Waals surface area contributed by atoms with Crippen LogP contribution in [0.2, 0.25) is 0 Å². The summed E-state index contributed by atoms with van der Waals surface area (Å²) >= 11 is 0. The summed E-state index contributed by atoms with van der Waals surface area (Å²) in [5.74, 6) is 3.08. The number of nitrogens with zero attached hydrogens (tertiary/aromatic N) is 1. The van der Waals surface area contributed by atoms with E-state index in [4.69, 9.17) is 23.9 Å². The molecule has 0 fully saturated rings. The Morgan fingerprint density at radius 1 is 0.857 bits per heavy atom. The Balaban J connectivity index is 1.31. The van der Waals surface area contributed by atoms with Crippen LogP contribution >= 0.6 is 0 Å². The Morgan fingerprint density at radius 2 is 1.45 bits per heavy atom. The van der Waals surface area contributed by atoms with Crippen molar-refractivity contribution in [3.05, 3.63) is 51.3 Å². The highest BCUT2D eigenvalue weighted by atomic mass is 16.5. The fourth-order valence-corrected chi connectivity index (χ4v) is 8.07. The van der Waals surface area contributed by atoms with Gasteiger partial charge in [0.25, 0.3) is 0 Å². The van der Waals surface area contributed by atoms with Crippen molar-refractivity contribution in [1.82, 2.24) is 4.98 Å². The van der Waals surface area contributed by atoms with Gasteiger partial charge in [0.2, 0.25) is 0 Å². The molecule has 0 radical (unpaired) electrons. The summed E-state index contributed by atoms with van der Waals surface area (Å²) in [6.45, 7) is 18.1. The molecule has 0 saturated carbocycles. The molecule has 2 aromatic rings. The van der Waals surface area contributed by atoms with Crippen LogP contribution in [-0.4, -0.2) is 36.7 Å². The van der Waals surface area contributed by atoms with Gasteiger partial charge in [0.1, 0.15) is 23.7 Å². The maximum absolute atomic E-state index is 12.8. The van der Waals surface area contributed by atoms with Crippen molar-refractivity contribution in [2.75, 3.05) is 14.2 Å². The van der Waals surface area contributed by atoms with E-state index in [1.54, 1.807) is 0 Å². The number of hydrogen-bond acceptors (Lipinski definition) is 7. The van der Waals surface area contributed by atoms with Gasteiger partial charge < -0.3 is 18.9 Å². The van der Waals surface area contributed by atoms with E-state index in [0.29, 0.717) is 0 Å². The maximum Gasteiger partial charge on any atom is 0.323 e. The molecule has 2 aliphatic rings. The number of aryl methyl sites for hydroxylation is 3. The molecule has 2 heterocycles. The summed E-state index contributed by atoms with van der Waals surface area (Å²) in [5, 5.41) is 0. The molecule has 1 aliphatic heterocycles. The fraction of sp³-hybridized carbons (Fsp3) is 0.690. The van der Waals surface area contributed by atoms with Crippen LogP contribution < -0.4 is 9.47 Å². The minimum Gasteiger partial charge on any atom is -0.487 e. The number of ether oxygens (including phenoxy) is 4. The molecule has 49 heavy (non-hydrogen) atoms. The number of fused-ring (bicyclic) bond motifs is 2. The summed E-state index contributed by atoms with van der Waals surface area (Å²) in [6.07, 6.45) is 14.1. The lowest BCUT2D eigenvalue weighted by Gasteiger charge is -2.37. The Kier molecular flexibility index (Phi) is 13.2. The lowest BCUT2D eigenvalue weighted by Crippen LogP contribution is -2.42. The van der Waals surface area contributed by atoms with E-state index < -0.39 is 17.4 Å². The van der Waals surface area contributed by atoms with Gasteiger partial charge >= 0.3 is 11.9 Å². The second-order valence-electron chi connectivity index (χ2n) is 16.1. The average Bonchev–Trinajstić information content (AvgIpc) is 3.48. The van der Waals surface area contributed by atoms with Crippen LogP contribution in [-0.2, 0) is 44.9 Å². The van der Waals surface area contributed by atoms with Crippen molar-refractivity contribution in [3.63, 3.8) is 0 Å². The molecule has 4 rings (SSSR count). The monoisotopic (exact) mass is 677 g/mol. The van der Waals surface area contributed by atoms with Crippen molar-refractivity contribution in [3.8, 4) is 11.5 Å². The molecule has 0 amide bonds. The zero-order chi connectivity index (χ0) is 35.9. The van der Waals surface area contributed by atoms with Crippen LogP contribution in [0.25, 0.3) is 0 Å². The van der Waals surface area contributed by atoms with E-state index in [0.717, 1.165) is 82.2 Å². The zero-order valence-electron chi connectivity index (χ0n) is 32.2. The zero-order valence-corrected chi connectivity index (χ0v) is 32.2. The van der Waals surface area contributed by atoms with Crippen LogP contribution in [0, 0.1) is 43.9 Å². The molecule has 0 bridgehead atoms. The van der Waals surface area contributed by atoms with Crippen LogP contribution in [0.1, 0.15) is 138 Å². The van der Waals surface area contributed by atoms with E-state index in [1.807, 2.05) is 13.8 Å². The third-order valence-corrected chi connectivity index (χ3v) is 11.3. The number of hydrogen-bond donors (Lipinski definition) is 0. The van der Waals surface area contributed by atoms with Crippen LogP contribution in [0.5, 0.6) is 11.5 Å². The molecule has 0 saturated heterocycles. The predicted octanol–water partition coefficient (Wildman–Crippen LogP) is 9.54. The number of carbonyl (C=O) groups excluding carboxylic acids is 2.